The predicted octanol–water partition coefficient (Wildman–Crippen LogP) is 3.22. The van der Waals surface area contributed by atoms with Crippen molar-refractivity contribution in [3.63, 3.8) is 0 Å². The molecule has 0 unspecified atom stereocenters. The van der Waals surface area contributed by atoms with Crippen LogP contribution >= 0.6 is 39.5 Å². The van der Waals surface area contributed by atoms with E-state index in [0.717, 1.165) is 24.3 Å². The molecule has 4 N–H and O–H groups in total. The lowest BCUT2D eigenvalue weighted by atomic mass is 10.2. The molecule has 2 heterocycles. The molecule has 0 bridgehead atoms. The van der Waals surface area contributed by atoms with Gasteiger partial charge in [-0.1, -0.05) is 75.9 Å². The van der Waals surface area contributed by atoms with Crippen molar-refractivity contribution in [2.75, 3.05) is 42.9 Å². The van der Waals surface area contributed by atoms with E-state index in [-0.39, 0.29) is 26.1 Å². The number of ketones is 1. The first-order valence-electron chi connectivity index (χ1n) is 15.7. The van der Waals surface area contributed by atoms with Crippen LogP contribution in [0.1, 0.15) is 10.4 Å². The standard InChI is InChI=1S/C11H11N3O4S2.C11H11N3O2S2.C9H9BrO3S.C2H7N3S/c1-19(15,16)9-5-3-8(4-6-9)10-7-12-14-11(13-10)20(2,17)18;1-17-11-13-10(7-12-14-11)8-3-5-9(6-4-8)18(2,15)16;1-14(12,13)8-4-2-7(3-5-8)9(11)6-10;1-6-2(3)5-4/h3-7H,1-2H3;3-7H,1-2H3;2-5H,6H2,1H3;4H2,1H3,(H2,3,5). The van der Waals surface area contributed by atoms with Gasteiger partial charge in [0.25, 0.3) is 5.16 Å². The van der Waals surface area contributed by atoms with Crippen molar-refractivity contribution in [1.82, 2.24) is 30.4 Å². The topological polar surface area (TPSA) is 295 Å². The summed E-state index contributed by atoms with van der Waals surface area (Å²) in [6, 6.07) is 18.4. The second kappa shape index (κ2) is 22.1. The highest BCUT2D eigenvalue weighted by atomic mass is 79.9. The molecule has 0 aliphatic carbocycles. The highest BCUT2D eigenvalue weighted by Crippen LogP contribution is 2.21. The number of Topliss-reactive ketones (excluding diaryl/α,β-unsaturated/α-hetero) is 1. The number of sulfone groups is 4. The van der Waals surface area contributed by atoms with Crippen LogP contribution in [0.3, 0.4) is 0 Å². The van der Waals surface area contributed by atoms with E-state index in [9.17, 15) is 38.5 Å². The van der Waals surface area contributed by atoms with Crippen molar-refractivity contribution in [2.24, 2.45) is 16.7 Å². The number of thioether (sulfide) groups is 2. The van der Waals surface area contributed by atoms with Crippen molar-refractivity contribution < 1.29 is 38.5 Å². The van der Waals surface area contributed by atoms with Crippen LogP contribution in [0.5, 0.6) is 0 Å². The van der Waals surface area contributed by atoms with Crippen LogP contribution in [0.15, 0.2) is 115 Å². The first kappa shape index (κ1) is 49.7. The number of halogens is 1. The molecule has 0 amide bonds. The molecule has 25 heteroatoms. The van der Waals surface area contributed by atoms with E-state index < -0.39 is 39.3 Å². The van der Waals surface area contributed by atoms with Gasteiger partial charge in [0.15, 0.2) is 40.5 Å². The molecular weight excluding hydrogens is 939 g/mol. The molecule has 0 aliphatic rings. The van der Waals surface area contributed by atoms with Gasteiger partial charge in [-0.25, -0.2) is 43.6 Å². The van der Waals surface area contributed by atoms with Gasteiger partial charge in [0.05, 0.1) is 43.8 Å². The van der Waals surface area contributed by atoms with Crippen LogP contribution in [-0.2, 0) is 39.3 Å². The highest BCUT2D eigenvalue weighted by molar-refractivity contribution is 9.09. The quantitative estimate of drug-likeness (QED) is 0.0407. The number of carbonyl (C=O) groups excluding carboxylic acids is 1. The van der Waals surface area contributed by atoms with Gasteiger partial charge in [-0.05, 0) is 48.9 Å². The summed E-state index contributed by atoms with van der Waals surface area (Å²) in [7, 11) is -13.2. The van der Waals surface area contributed by atoms with Gasteiger partial charge in [0.2, 0.25) is 15.0 Å². The maximum Gasteiger partial charge on any atom is 0.267 e. The van der Waals surface area contributed by atoms with E-state index >= 15 is 0 Å². The van der Waals surface area contributed by atoms with E-state index in [4.69, 9.17) is 11.6 Å². The molecule has 58 heavy (non-hydrogen) atoms. The number of rotatable bonds is 9. The second-order valence-electron chi connectivity index (χ2n) is 11.3. The van der Waals surface area contributed by atoms with Gasteiger partial charge in [0, 0.05) is 41.7 Å². The van der Waals surface area contributed by atoms with Crippen molar-refractivity contribution in [1.29, 1.82) is 0 Å². The Morgan fingerprint density at radius 3 is 1.36 bits per heavy atom. The monoisotopic (exact) mass is 975 g/mol. The van der Waals surface area contributed by atoms with Crippen molar-refractivity contribution in [3.8, 4) is 22.5 Å². The normalized spacial score (nSPS) is 11.7. The number of nitrogens with zero attached hydrogens (tertiary/aromatic N) is 7. The minimum Gasteiger partial charge on any atom is -0.377 e. The van der Waals surface area contributed by atoms with E-state index in [1.54, 1.807) is 30.5 Å². The van der Waals surface area contributed by atoms with Crippen LogP contribution in [0.25, 0.3) is 22.5 Å². The number of hydrogen-bond donors (Lipinski definition) is 2. The molecule has 5 aromatic rings. The molecular formula is C33H38BrN9O9S6. The summed E-state index contributed by atoms with van der Waals surface area (Å²) < 4.78 is 90.3. The lowest BCUT2D eigenvalue weighted by Gasteiger charge is -2.03. The van der Waals surface area contributed by atoms with E-state index in [0.29, 0.717) is 37.7 Å². The molecule has 0 saturated carbocycles. The number of alkyl halides is 1. The molecule has 312 valence electrons. The lowest BCUT2D eigenvalue weighted by Crippen LogP contribution is -2.07. The van der Waals surface area contributed by atoms with Gasteiger partial charge in [-0.15, -0.1) is 10.2 Å². The second-order valence-corrected chi connectivity index (χ2v) is 21.5. The van der Waals surface area contributed by atoms with E-state index in [1.807, 2.05) is 12.5 Å². The maximum atomic E-state index is 11.4. The van der Waals surface area contributed by atoms with Crippen molar-refractivity contribution >= 4 is 89.8 Å². The third kappa shape index (κ3) is 16.5. The van der Waals surface area contributed by atoms with Crippen molar-refractivity contribution in [3.05, 3.63) is 90.8 Å². The number of hydrazone groups is 1. The number of hydrogen-bond acceptors (Lipinski definition) is 19. The van der Waals surface area contributed by atoms with Crippen LogP contribution in [0.2, 0.25) is 0 Å². The van der Waals surface area contributed by atoms with Gasteiger partial charge < -0.3 is 11.6 Å². The van der Waals surface area contributed by atoms with Crippen LogP contribution in [0, 0.1) is 0 Å². The summed E-state index contributed by atoms with van der Waals surface area (Å²) in [6.45, 7) is 0. The number of amidine groups is 1. The number of nitrogens with two attached hydrogens (primary N) is 2. The van der Waals surface area contributed by atoms with Crippen LogP contribution in [0.4, 0.5) is 0 Å². The molecule has 5 rings (SSSR count). The number of aromatic nitrogens is 6. The zero-order valence-corrected chi connectivity index (χ0v) is 38.1. The van der Waals surface area contributed by atoms with E-state index in [2.05, 4.69) is 51.4 Å². The predicted molar refractivity (Wildman–Crippen MR) is 229 cm³/mol. The SMILES string of the molecule is CS(=O)(=O)c1ccc(-c2cnnc(S(C)(=O)=O)n2)cc1.CS(=O)(=O)c1ccc(C(=O)CBr)cc1.CSC(N)=NN.CSc1nncc(-c2ccc(S(C)(=O)=O)cc2)n1. The summed E-state index contributed by atoms with van der Waals surface area (Å²) in [4.78, 5) is 20.1. The maximum absolute atomic E-state index is 11.4. The lowest BCUT2D eigenvalue weighted by molar-refractivity contribution is 0.102. The zero-order chi connectivity index (χ0) is 43.9. The summed E-state index contributed by atoms with van der Waals surface area (Å²) in [6.07, 6.45) is 10.9. The fourth-order valence-corrected chi connectivity index (χ4v) is 6.96. The molecule has 0 radical (unpaired) electrons. The first-order valence-corrected chi connectivity index (χ1v) is 26.8. The molecule has 0 saturated heterocycles. The van der Waals surface area contributed by atoms with Crippen LogP contribution < -0.4 is 11.6 Å². The Hall–Kier alpha value is -4.40. The molecule has 0 atom stereocenters. The van der Waals surface area contributed by atoms with Gasteiger partial charge in [-0.2, -0.15) is 15.3 Å². The Morgan fingerprint density at radius 2 is 1.03 bits per heavy atom. The fraction of sp³-hybridized carbons (Fsp3) is 0.212. The van der Waals surface area contributed by atoms with Crippen LogP contribution in [-0.4, -0.2) is 118 Å². The van der Waals surface area contributed by atoms with Gasteiger partial charge in [-0.3, -0.25) is 4.79 Å². The highest BCUT2D eigenvalue weighted by Gasteiger charge is 2.14. The Bertz CT molecular complexity index is 2650. The fourth-order valence-electron chi connectivity index (χ4n) is 3.86. The number of benzene rings is 3. The summed E-state index contributed by atoms with van der Waals surface area (Å²) >= 11 is 5.77. The summed E-state index contributed by atoms with van der Waals surface area (Å²) in [5.74, 6) is 4.66. The molecule has 18 nitrogen and oxygen atoms in total. The summed E-state index contributed by atoms with van der Waals surface area (Å²) in [5, 5.41) is 18.8. The molecule has 0 aliphatic heterocycles. The smallest absolute Gasteiger partial charge is 0.267 e. The third-order valence-corrected chi connectivity index (χ3v) is 12.6. The largest absolute Gasteiger partial charge is 0.377 e. The Labute approximate surface area is 354 Å². The van der Waals surface area contributed by atoms with Gasteiger partial charge >= 0.3 is 0 Å². The third-order valence-electron chi connectivity index (χ3n) is 6.81. The average molecular weight is 977 g/mol. The minimum absolute atomic E-state index is 0.0648. The number of carbonyl (C=O) groups is 1. The van der Waals surface area contributed by atoms with Gasteiger partial charge in [0.1, 0.15) is 0 Å². The minimum atomic E-state index is -3.55. The molecule has 0 spiro atoms. The Morgan fingerprint density at radius 1 is 0.638 bits per heavy atom. The van der Waals surface area contributed by atoms with E-state index in [1.165, 1.54) is 84.5 Å². The average Bonchev–Trinajstić information content (AvgIpc) is 3.20. The molecule has 3 aromatic carbocycles. The summed E-state index contributed by atoms with van der Waals surface area (Å²) in [5.41, 5.74) is 7.92. The zero-order valence-electron chi connectivity index (χ0n) is 31.6. The molecule has 2 aromatic heterocycles. The van der Waals surface area contributed by atoms with Crippen molar-refractivity contribution in [2.45, 2.75) is 25.0 Å². The Kier molecular flexibility index (Phi) is 19.0. The first-order chi connectivity index (χ1) is 26.9. The molecule has 0 fully saturated rings. The Balaban J connectivity index is 0.000000284.